The summed E-state index contributed by atoms with van der Waals surface area (Å²) in [6.45, 7) is 0.377. The fourth-order valence-electron chi connectivity index (χ4n) is 1.03. The predicted molar refractivity (Wildman–Crippen MR) is 66.6 cm³/mol. The quantitative estimate of drug-likeness (QED) is 0.149. The topological polar surface area (TPSA) is 61.1 Å². The van der Waals surface area contributed by atoms with E-state index in [4.69, 9.17) is 5.53 Å². The second-order valence-electron chi connectivity index (χ2n) is 2.73. The smallest absolute Gasteiger partial charge is 0.0895 e. The van der Waals surface area contributed by atoms with Crippen LogP contribution in [0.5, 0.6) is 0 Å². The molecule has 0 spiro atoms. The average molecular weight is 228 g/mol. The van der Waals surface area contributed by atoms with Crippen molar-refractivity contribution in [2.75, 3.05) is 6.54 Å². The molecule has 0 radical (unpaired) electrons. The van der Waals surface area contributed by atoms with Crippen molar-refractivity contribution in [2.24, 2.45) is 10.1 Å². The third kappa shape index (κ3) is 3.95. The standard InChI is InChI=1S/C11H8N4S/c12-15-14-8-4-3-6-10-5-1-2-7-11(10)13-9-16/h1-2,5,7H,4,8H2. The number of isothiocyanates is 1. The van der Waals surface area contributed by atoms with Crippen molar-refractivity contribution in [2.45, 2.75) is 6.42 Å². The van der Waals surface area contributed by atoms with E-state index < -0.39 is 0 Å². The molecule has 4 nitrogen and oxygen atoms in total. The summed E-state index contributed by atoms with van der Waals surface area (Å²) in [6, 6.07) is 7.40. The zero-order chi connectivity index (χ0) is 11.6. The van der Waals surface area contributed by atoms with Crippen LogP contribution < -0.4 is 0 Å². The molecule has 1 rings (SSSR count). The molecule has 5 heteroatoms. The highest BCUT2D eigenvalue weighted by Crippen LogP contribution is 2.16. The van der Waals surface area contributed by atoms with Gasteiger partial charge in [0.2, 0.25) is 0 Å². The summed E-state index contributed by atoms with van der Waals surface area (Å²) in [4.78, 5) is 6.54. The molecule has 0 heterocycles. The molecule has 1 aromatic carbocycles. The minimum absolute atomic E-state index is 0.377. The number of hydrogen-bond acceptors (Lipinski definition) is 3. The summed E-state index contributed by atoms with van der Waals surface area (Å²) in [5.74, 6) is 5.84. The Bertz CT molecular complexity index is 514. The van der Waals surface area contributed by atoms with Crippen LogP contribution in [0.4, 0.5) is 5.69 Å². The minimum atomic E-state index is 0.377. The second-order valence-corrected chi connectivity index (χ2v) is 2.91. The molecule has 0 aromatic heterocycles. The van der Waals surface area contributed by atoms with Crippen LogP contribution in [0.1, 0.15) is 12.0 Å². The van der Waals surface area contributed by atoms with Gasteiger partial charge in [-0.2, -0.15) is 4.99 Å². The van der Waals surface area contributed by atoms with Crippen LogP contribution in [0, 0.1) is 11.8 Å². The molecule has 0 aliphatic heterocycles. The molecule has 0 fully saturated rings. The van der Waals surface area contributed by atoms with Crippen molar-refractivity contribution in [3.8, 4) is 11.8 Å². The zero-order valence-corrected chi connectivity index (χ0v) is 9.24. The fraction of sp³-hybridized carbons (Fsp3) is 0.182. The maximum absolute atomic E-state index is 8.07. The van der Waals surface area contributed by atoms with E-state index in [1.165, 1.54) is 0 Å². The first kappa shape index (κ1) is 12.0. The van der Waals surface area contributed by atoms with Gasteiger partial charge in [0.25, 0.3) is 0 Å². The summed E-state index contributed by atoms with van der Waals surface area (Å²) >= 11 is 4.54. The maximum Gasteiger partial charge on any atom is 0.0895 e. The van der Waals surface area contributed by atoms with Crippen molar-refractivity contribution < 1.29 is 0 Å². The Kier molecular flexibility index (Phi) is 5.40. The van der Waals surface area contributed by atoms with Gasteiger partial charge >= 0.3 is 0 Å². The third-order valence-corrected chi connectivity index (χ3v) is 1.78. The molecule has 16 heavy (non-hydrogen) atoms. The van der Waals surface area contributed by atoms with Gasteiger partial charge in [-0.15, -0.1) is 0 Å². The molecule has 0 atom stereocenters. The van der Waals surface area contributed by atoms with E-state index in [2.05, 4.69) is 44.2 Å². The highest BCUT2D eigenvalue weighted by molar-refractivity contribution is 7.78. The first-order valence-corrected chi connectivity index (χ1v) is 4.96. The van der Waals surface area contributed by atoms with Crippen LogP contribution in [0.15, 0.2) is 34.4 Å². The summed E-state index contributed by atoms with van der Waals surface area (Å²) in [7, 11) is 0. The largest absolute Gasteiger partial charge is 0.193 e. The Morgan fingerprint density at radius 2 is 2.19 bits per heavy atom. The maximum atomic E-state index is 8.07. The number of hydrogen-bond donors (Lipinski definition) is 0. The molecular formula is C11H8N4S. The molecule has 0 aliphatic rings. The molecule has 0 amide bonds. The second kappa shape index (κ2) is 7.22. The molecule has 0 saturated heterocycles. The van der Waals surface area contributed by atoms with Gasteiger partial charge in [0.15, 0.2) is 0 Å². The summed E-state index contributed by atoms with van der Waals surface area (Å²) < 4.78 is 0. The van der Waals surface area contributed by atoms with Crippen molar-refractivity contribution in [1.29, 1.82) is 0 Å². The Balaban J connectivity index is 2.79. The van der Waals surface area contributed by atoms with Crippen molar-refractivity contribution in [3.05, 3.63) is 40.3 Å². The Morgan fingerprint density at radius 3 is 2.94 bits per heavy atom. The van der Waals surface area contributed by atoms with Gasteiger partial charge in [-0.3, -0.25) is 0 Å². The van der Waals surface area contributed by atoms with Crippen LogP contribution in [0.3, 0.4) is 0 Å². The Labute approximate surface area is 98.6 Å². The lowest BCUT2D eigenvalue weighted by molar-refractivity contribution is 1.01. The zero-order valence-electron chi connectivity index (χ0n) is 8.42. The van der Waals surface area contributed by atoms with Gasteiger partial charge in [-0.25, -0.2) is 0 Å². The van der Waals surface area contributed by atoms with Gasteiger partial charge in [-0.1, -0.05) is 29.1 Å². The number of aliphatic imine (C=N–C) groups is 1. The predicted octanol–water partition coefficient (Wildman–Crippen LogP) is 3.47. The van der Waals surface area contributed by atoms with Gasteiger partial charge in [0, 0.05) is 17.9 Å². The number of benzene rings is 1. The summed E-state index contributed by atoms with van der Waals surface area (Å²) in [5, 5.41) is 5.70. The van der Waals surface area contributed by atoms with Crippen molar-refractivity contribution in [1.82, 2.24) is 0 Å². The molecular weight excluding hydrogens is 220 g/mol. The molecule has 1 aromatic rings. The highest BCUT2D eigenvalue weighted by atomic mass is 32.1. The normalized spacial score (nSPS) is 8.00. The van der Waals surface area contributed by atoms with Gasteiger partial charge in [0.1, 0.15) is 0 Å². The number of rotatable bonds is 3. The summed E-state index contributed by atoms with van der Waals surface area (Å²) in [6.07, 6.45) is 0.527. The first-order valence-electron chi connectivity index (χ1n) is 4.55. The molecule has 0 N–H and O–H groups in total. The lowest BCUT2D eigenvalue weighted by atomic mass is 10.2. The van der Waals surface area contributed by atoms with E-state index in [1.807, 2.05) is 24.3 Å². The lowest BCUT2D eigenvalue weighted by Crippen LogP contribution is -1.77. The molecule has 0 aliphatic carbocycles. The first-order chi connectivity index (χ1) is 7.88. The average Bonchev–Trinajstić information content (AvgIpc) is 2.31. The van der Waals surface area contributed by atoms with E-state index >= 15 is 0 Å². The monoisotopic (exact) mass is 228 g/mol. The molecule has 0 saturated carbocycles. The molecule has 0 unspecified atom stereocenters. The lowest BCUT2D eigenvalue weighted by Gasteiger charge is -1.94. The molecule has 78 valence electrons. The van der Waals surface area contributed by atoms with Gasteiger partial charge in [-0.05, 0) is 29.9 Å². The van der Waals surface area contributed by atoms with Crippen LogP contribution in [-0.4, -0.2) is 11.7 Å². The van der Waals surface area contributed by atoms with Crippen LogP contribution >= 0.6 is 12.2 Å². The van der Waals surface area contributed by atoms with Gasteiger partial charge in [0.05, 0.1) is 16.4 Å². The van der Waals surface area contributed by atoms with Crippen molar-refractivity contribution in [3.63, 3.8) is 0 Å². The van der Waals surface area contributed by atoms with E-state index in [0.29, 0.717) is 18.7 Å². The number of azide groups is 1. The van der Waals surface area contributed by atoms with E-state index in [0.717, 1.165) is 5.56 Å². The van der Waals surface area contributed by atoms with Crippen LogP contribution in [-0.2, 0) is 0 Å². The van der Waals surface area contributed by atoms with Crippen LogP contribution in [0.25, 0.3) is 10.4 Å². The minimum Gasteiger partial charge on any atom is -0.193 e. The van der Waals surface area contributed by atoms with E-state index in [9.17, 15) is 0 Å². The van der Waals surface area contributed by atoms with Crippen LogP contribution in [0.2, 0.25) is 0 Å². The Hall–Kier alpha value is -2.11. The highest BCUT2D eigenvalue weighted by Gasteiger charge is 1.94. The SMILES string of the molecule is [N-]=[N+]=NCCC#Cc1ccccc1N=C=S. The van der Waals surface area contributed by atoms with Gasteiger partial charge < -0.3 is 0 Å². The Morgan fingerprint density at radius 1 is 1.38 bits per heavy atom. The molecule has 0 bridgehead atoms. The fourth-order valence-corrected chi connectivity index (χ4v) is 1.13. The number of nitrogens with zero attached hydrogens (tertiary/aromatic N) is 4. The number of thiocarbonyl (C=S) groups is 1. The summed E-state index contributed by atoms with van der Waals surface area (Å²) in [5.41, 5.74) is 9.57. The number of para-hydroxylation sites is 1. The van der Waals surface area contributed by atoms with Crippen molar-refractivity contribution >= 4 is 23.1 Å². The van der Waals surface area contributed by atoms with E-state index in [1.54, 1.807) is 0 Å². The van der Waals surface area contributed by atoms with E-state index in [-0.39, 0.29) is 0 Å². The third-order valence-electron chi connectivity index (χ3n) is 1.69.